The molecule has 0 bridgehead atoms. The highest BCUT2D eigenvalue weighted by atomic mass is 32.2. The number of carbonyl (C=O) groups is 1. The number of benzene rings is 3. The van der Waals surface area contributed by atoms with E-state index in [0.717, 1.165) is 11.1 Å². The van der Waals surface area contributed by atoms with Gasteiger partial charge >= 0.3 is 6.03 Å². The maximum atomic E-state index is 12.9. The highest BCUT2D eigenvalue weighted by Gasteiger charge is 2.15. The lowest BCUT2D eigenvalue weighted by Crippen LogP contribution is -2.34. The van der Waals surface area contributed by atoms with Gasteiger partial charge in [-0.15, -0.1) is 0 Å². The van der Waals surface area contributed by atoms with Crippen molar-refractivity contribution >= 4 is 21.7 Å². The van der Waals surface area contributed by atoms with E-state index in [2.05, 4.69) is 5.32 Å². The van der Waals surface area contributed by atoms with Crippen LogP contribution in [0.5, 0.6) is 0 Å². The molecule has 144 valence electrons. The molecule has 28 heavy (non-hydrogen) atoms. The molecule has 0 aliphatic carbocycles. The fourth-order valence-electron chi connectivity index (χ4n) is 2.74. The van der Waals surface area contributed by atoms with Gasteiger partial charge in [0.05, 0.1) is 4.90 Å². The number of hydrogen-bond donors (Lipinski definition) is 2. The lowest BCUT2D eigenvalue weighted by molar-refractivity contribution is 0.206. The largest absolute Gasteiger partial charge is 0.322 e. The van der Waals surface area contributed by atoms with E-state index in [0.29, 0.717) is 18.8 Å². The van der Waals surface area contributed by atoms with Gasteiger partial charge in [0.2, 0.25) is 10.0 Å². The van der Waals surface area contributed by atoms with E-state index in [9.17, 15) is 13.2 Å². The molecule has 0 saturated heterocycles. The summed E-state index contributed by atoms with van der Waals surface area (Å²) >= 11 is 0. The average Bonchev–Trinajstić information content (AvgIpc) is 2.69. The molecule has 0 radical (unpaired) electrons. The van der Waals surface area contributed by atoms with Gasteiger partial charge in [0.25, 0.3) is 0 Å². The molecule has 3 aromatic carbocycles. The zero-order chi connectivity index (χ0) is 20.0. The predicted molar refractivity (Wildman–Crippen MR) is 109 cm³/mol. The predicted octanol–water partition coefficient (Wildman–Crippen LogP) is 3.57. The summed E-state index contributed by atoms with van der Waals surface area (Å²) in [6.45, 7) is 0.883. The second-order valence-electron chi connectivity index (χ2n) is 6.33. The summed E-state index contributed by atoms with van der Waals surface area (Å²) in [7, 11) is -3.77. The molecule has 3 N–H and O–H groups in total. The molecule has 0 aromatic heterocycles. The van der Waals surface area contributed by atoms with E-state index in [-0.39, 0.29) is 10.9 Å². The molecular formula is C21H21N3O3S. The van der Waals surface area contributed by atoms with Crippen LogP contribution in [0.25, 0.3) is 0 Å². The minimum Gasteiger partial charge on any atom is -0.316 e. The Morgan fingerprint density at radius 2 is 1.25 bits per heavy atom. The molecule has 3 aromatic rings. The number of carbonyl (C=O) groups excluding carboxylic acids is 1. The minimum atomic E-state index is -3.77. The van der Waals surface area contributed by atoms with Gasteiger partial charge in [0, 0.05) is 18.8 Å². The van der Waals surface area contributed by atoms with Crippen molar-refractivity contribution in [2.45, 2.75) is 18.0 Å². The smallest absolute Gasteiger partial charge is 0.316 e. The Hall–Kier alpha value is -3.16. The molecule has 6 nitrogen and oxygen atoms in total. The van der Waals surface area contributed by atoms with Crippen molar-refractivity contribution in [3.8, 4) is 0 Å². The molecular weight excluding hydrogens is 374 g/mol. The van der Waals surface area contributed by atoms with Crippen molar-refractivity contribution in [2.75, 3.05) is 5.32 Å². The number of sulfonamides is 1. The van der Waals surface area contributed by atoms with Gasteiger partial charge in [0.1, 0.15) is 0 Å². The Bertz CT molecular complexity index is 980. The minimum absolute atomic E-state index is 0.00377. The van der Waals surface area contributed by atoms with Crippen LogP contribution in [0.1, 0.15) is 11.1 Å². The van der Waals surface area contributed by atoms with Crippen molar-refractivity contribution < 1.29 is 13.2 Å². The number of hydrogen-bond acceptors (Lipinski definition) is 3. The van der Waals surface area contributed by atoms with Gasteiger partial charge in [-0.1, -0.05) is 60.7 Å². The number of nitrogens with zero attached hydrogens (tertiary/aromatic N) is 1. The maximum Gasteiger partial charge on any atom is 0.322 e. The SMILES string of the molecule is NS(=O)(=O)c1ccc(NC(=O)N(Cc2ccccc2)Cc2ccccc2)cc1. The van der Waals surface area contributed by atoms with Crippen LogP contribution in [-0.2, 0) is 23.1 Å². The van der Waals surface area contributed by atoms with Gasteiger partial charge in [0.15, 0.2) is 0 Å². The summed E-state index contributed by atoms with van der Waals surface area (Å²) in [5, 5.41) is 7.92. The quantitative estimate of drug-likeness (QED) is 0.668. The molecule has 3 rings (SSSR count). The summed E-state index contributed by atoms with van der Waals surface area (Å²) in [5.41, 5.74) is 2.51. The number of nitrogens with two attached hydrogens (primary N) is 1. The van der Waals surface area contributed by atoms with Crippen molar-refractivity contribution in [1.29, 1.82) is 0 Å². The van der Waals surface area contributed by atoms with Gasteiger partial charge in [-0.2, -0.15) is 0 Å². The van der Waals surface area contributed by atoms with E-state index < -0.39 is 10.0 Å². The van der Waals surface area contributed by atoms with Crippen LogP contribution in [0.2, 0.25) is 0 Å². The first-order valence-electron chi connectivity index (χ1n) is 8.68. The summed E-state index contributed by atoms with van der Waals surface area (Å²) in [6, 6.07) is 24.9. The number of rotatable bonds is 6. The summed E-state index contributed by atoms with van der Waals surface area (Å²) < 4.78 is 22.7. The van der Waals surface area contributed by atoms with Crippen LogP contribution < -0.4 is 10.5 Å². The second kappa shape index (κ2) is 8.69. The fourth-order valence-corrected chi connectivity index (χ4v) is 3.25. The third kappa shape index (κ3) is 5.42. The first-order chi connectivity index (χ1) is 13.4. The van der Waals surface area contributed by atoms with Crippen LogP contribution in [0, 0.1) is 0 Å². The highest BCUT2D eigenvalue weighted by Crippen LogP contribution is 2.16. The zero-order valence-corrected chi connectivity index (χ0v) is 16.0. The monoisotopic (exact) mass is 395 g/mol. The normalized spacial score (nSPS) is 11.0. The molecule has 0 aliphatic rings. The summed E-state index contributed by atoms with van der Waals surface area (Å²) in [4.78, 5) is 14.6. The van der Waals surface area contributed by atoms with Gasteiger partial charge in [-0.3, -0.25) is 0 Å². The molecule has 7 heteroatoms. The molecule has 0 saturated carbocycles. The summed E-state index contributed by atoms with van der Waals surface area (Å²) in [5.74, 6) is 0. The highest BCUT2D eigenvalue weighted by molar-refractivity contribution is 7.89. The Kier molecular flexibility index (Phi) is 6.08. The number of urea groups is 1. The van der Waals surface area contributed by atoms with Crippen molar-refractivity contribution in [2.24, 2.45) is 5.14 Å². The third-order valence-corrected chi connectivity index (χ3v) is 5.08. The lowest BCUT2D eigenvalue weighted by atomic mass is 10.2. The van der Waals surface area contributed by atoms with Crippen molar-refractivity contribution in [3.63, 3.8) is 0 Å². The molecule has 0 aliphatic heterocycles. The van der Waals surface area contributed by atoms with Crippen molar-refractivity contribution in [3.05, 3.63) is 96.1 Å². The molecule has 0 unspecified atom stereocenters. The average molecular weight is 395 g/mol. The number of primary sulfonamides is 1. The molecule has 0 atom stereocenters. The molecule has 0 heterocycles. The van der Waals surface area contributed by atoms with Gasteiger partial charge < -0.3 is 10.2 Å². The van der Waals surface area contributed by atoms with Crippen LogP contribution in [-0.4, -0.2) is 19.3 Å². The Morgan fingerprint density at radius 3 is 1.68 bits per heavy atom. The van der Waals surface area contributed by atoms with E-state index in [1.807, 2.05) is 60.7 Å². The van der Waals surface area contributed by atoms with Gasteiger partial charge in [-0.05, 0) is 35.4 Å². The standard InChI is InChI=1S/C21H21N3O3S/c22-28(26,27)20-13-11-19(12-14-20)23-21(25)24(15-17-7-3-1-4-8-17)16-18-9-5-2-6-10-18/h1-14H,15-16H2,(H,23,25)(H2,22,26,27). The Morgan fingerprint density at radius 1 is 0.786 bits per heavy atom. The first-order valence-corrected chi connectivity index (χ1v) is 10.2. The number of anilines is 1. The van der Waals surface area contributed by atoms with Crippen LogP contribution in [0.3, 0.4) is 0 Å². The first kappa shape index (κ1) is 19.6. The lowest BCUT2D eigenvalue weighted by Gasteiger charge is -2.23. The third-order valence-electron chi connectivity index (χ3n) is 4.15. The topological polar surface area (TPSA) is 92.5 Å². The van der Waals surface area contributed by atoms with Crippen molar-refractivity contribution in [1.82, 2.24) is 4.90 Å². The fraction of sp³-hybridized carbons (Fsp3) is 0.0952. The van der Waals surface area contributed by atoms with E-state index >= 15 is 0 Å². The van der Waals surface area contributed by atoms with Crippen LogP contribution in [0.4, 0.5) is 10.5 Å². The Balaban J connectivity index is 1.77. The number of nitrogens with one attached hydrogen (secondary N) is 1. The maximum absolute atomic E-state index is 12.9. The molecule has 2 amide bonds. The van der Waals surface area contributed by atoms with Crippen LogP contribution in [0.15, 0.2) is 89.8 Å². The summed E-state index contributed by atoms with van der Waals surface area (Å²) in [6.07, 6.45) is 0. The van der Waals surface area contributed by atoms with E-state index in [1.54, 1.807) is 4.90 Å². The van der Waals surface area contributed by atoms with E-state index in [1.165, 1.54) is 24.3 Å². The van der Waals surface area contributed by atoms with E-state index in [4.69, 9.17) is 5.14 Å². The zero-order valence-electron chi connectivity index (χ0n) is 15.2. The van der Waals surface area contributed by atoms with Crippen LogP contribution >= 0.6 is 0 Å². The molecule has 0 spiro atoms. The second-order valence-corrected chi connectivity index (χ2v) is 7.89. The molecule has 0 fully saturated rings. The number of amides is 2. The van der Waals surface area contributed by atoms with Gasteiger partial charge in [-0.25, -0.2) is 18.4 Å². The Labute approximate surface area is 164 Å².